The molecule has 0 aliphatic heterocycles. The number of esters is 1. The van der Waals surface area contributed by atoms with Gasteiger partial charge in [-0.1, -0.05) is 6.92 Å². The van der Waals surface area contributed by atoms with Gasteiger partial charge in [0.05, 0.1) is 12.2 Å². The quantitative estimate of drug-likeness (QED) is 0.766. The van der Waals surface area contributed by atoms with Crippen LogP contribution in [0.4, 0.5) is 4.39 Å². The van der Waals surface area contributed by atoms with E-state index in [9.17, 15) is 14.0 Å². The van der Waals surface area contributed by atoms with Crippen molar-refractivity contribution in [2.75, 3.05) is 6.61 Å². The SMILES string of the molecule is CCOC(=O)c1cc(-c2ccc(F)cc2)n(CC(=O)N[C@H](C)CC)c1C. The van der Waals surface area contributed by atoms with E-state index in [1.807, 2.05) is 13.8 Å². The third kappa shape index (κ3) is 4.50. The predicted molar refractivity (Wildman–Crippen MR) is 98.4 cm³/mol. The Labute approximate surface area is 153 Å². The Morgan fingerprint density at radius 2 is 1.88 bits per heavy atom. The van der Waals surface area contributed by atoms with Crippen LogP contribution < -0.4 is 5.32 Å². The number of nitrogens with one attached hydrogen (secondary N) is 1. The van der Waals surface area contributed by atoms with Crippen molar-refractivity contribution in [2.45, 2.75) is 46.7 Å². The van der Waals surface area contributed by atoms with Gasteiger partial charge in [-0.3, -0.25) is 4.79 Å². The molecule has 6 heteroatoms. The molecule has 0 spiro atoms. The van der Waals surface area contributed by atoms with Gasteiger partial charge in [0.25, 0.3) is 0 Å². The van der Waals surface area contributed by atoms with E-state index in [0.717, 1.165) is 12.0 Å². The number of amides is 1. The van der Waals surface area contributed by atoms with Crippen LogP contribution in [0.15, 0.2) is 30.3 Å². The summed E-state index contributed by atoms with van der Waals surface area (Å²) in [5, 5.41) is 2.92. The molecule has 0 unspecified atom stereocenters. The average molecular weight is 360 g/mol. The van der Waals surface area contributed by atoms with E-state index in [1.54, 1.807) is 36.6 Å². The van der Waals surface area contributed by atoms with E-state index < -0.39 is 5.97 Å². The van der Waals surface area contributed by atoms with E-state index >= 15 is 0 Å². The zero-order chi connectivity index (χ0) is 19.3. The van der Waals surface area contributed by atoms with Gasteiger partial charge < -0.3 is 14.6 Å². The lowest BCUT2D eigenvalue weighted by atomic mass is 10.1. The molecule has 0 bridgehead atoms. The van der Waals surface area contributed by atoms with Crippen LogP contribution in [-0.2, 0) is 16.1 Å². The first kappa shape index (κ1) is 19.7. The van der Waals surface area contributed by atoms with Crippen molar-refractivity contribution in [1.82, 2.24) is 9.88 Å². The lowest BCUT2D eigenvalue weighted by molar-refractivity contribution is -0.122. The van der Waals surface area contributed by atoms with Crippen molar-refractivity contribution in [1.29, 1.82) is 0 Å². The number of ether oxygens (including phenoxy) is 1. The molecule has 0 saturated carbocycles. The molecule has 1 aromatic carbocycles. The number of aromatic nitrogens is 1. The summed E-state index contributed by atoms with van der Waals surface area (Å²) in [7, 11) is 0. The molecule has 1 N–H and O–H groups in total. The molecule has 0 saturated heterocycles. The Balaban J connectivity index is 2.44. The monoisotopic (exact) mass is 360 g/mol. The second-order valence-corrected chi connectivity index (χ2v) is 6.22. The van der Waals surface area contributed by atoms with Crippen molar-refractivity contribution in [3.8, 4) is 11.3 Å². The predicted octanol–water partition coefficient (Wildman–Crippen LogP) is 3.69. The molecule has 5 nitrogen and oxygen atoms in total. The topological polar surface area (TPSA) is 60.3 Å². The molecular formula is C20H25FN2O3. The Kier molecular flexibility index (Phi) is 6.55. The molecule has 0 fully saturated rings. The van der Waals surface area contributed by atoms with Gasteiger partial charge in [0, 0.05) is 17.4 Å². The Morgan fingerprint density at radius 3 is 2.46 bits per heavy atom. The van der Waals surface area contributed by atoms with E-state index in [-0.39, 0.29) is 30.9 Å². The minimum absolute atomic E-state index is 0.0668. The molecule has 2 aromatic rings. The highest BCUT2D eigenvalue weighted by Gasteiger charge is 2.21. The number of nitrogens with zero attached hydrogens (tertiary/aromatic N) is 1. The molecule has 0 aliphatic carbocycles. The second-order valence-electron chi connectivity index (χ2n) is 6.22. The summed E-state index contributed by atoms with van der Waals surface area (Å²) in [5.74, 6) is -0.921. The van der Waals surface area contributed by atoms with Crippen LogP contribution in [0.2, 0.25) is 0 Å². The summed E-state index contributed by atoms with van der Waals surface area (Å²) in [5.41, 5.74) is 2.44. The summed E-state index contributed by atoms with van der Waals surface area (Å²) in [6.07, 6.45) is 0.829. The number of benzene rings is 1. The highest BCUT2D eigenvalue weighted by molar-refractivity contribution is 5.93. The minimum atomic E-state index is -0.436. The lowest BCUT2D eigenvalue weighted by Gasteiger charge is -2.15. The highest BCUT2D eigenvalue weighted by atomic mass is 19.1. The van der Waals surface area contributed by atoms with E-state index in [0.29, 0.717) is 17.0 Å². The summed E-state index contributed by atoms with van der Waals surface area (Å²) in [6.45, 7) is 7.78. The van der Waals surface area contributed by atoms with Gasteiger partial charge in [-0.25, -0.2) is 9.18 Å². The van der Waals surface area contributed by atoms with Crippen LogP contribution in [0.5, 0.6) is 0 Å². The smallest absolute Gasteiger partial charge is 0.339 e. The molecule has 26 heavy (non-hydrogen) atoms. The van der Waals surface area contributed by atoms with Gasteiger partial charge in [0.2, 0.25) is 5.91 Å². The van der Waals surface area contributed by atoms with Crippen molar-refractivity contribution in [3.05, 3.63) is 47.4 Å². The Bertz CT molecular complexity index is 781. The molecule has 2 rings (SSSR count). The average Bonchev–Trinajstić information content (AvgIpc) is 2.92. The van der Waals surface area contributed by atoms with Gasteiger partial charge >= 0.3 is 5.97 Å². The molecule has 0 aliphatic rings. The molecule has 1 heterocycles. The number of rotatable bonds is 7. The van der Waals surface area contributed by atoms with E-state index in [4.69, 9.17) is 4.74 Å². The number of hydrogen-bond acceptors (Lipinski definition) is 3. The first-order valence-electron chi connectivity index (χ1n) is 8.79. The van der Waals surface area contributed by atoms with Crippen LogP contribution in [0, 0.1) is 12.7 Å². The molecule has 140 valence electrons. The van der Waals surface area contributed by atoms with Crippen molar-refractivity contribution >= 4 is 11.9 Å². The maximum Gasteiger partial charge on any atom is 0.339 e. The Hall–Kier alpha value is -2.63. The van der Waals surface area contributed by atoms with Crippen molar-refractivity contribution in [3.63, 3.8) is 0 Å². The molecule has 1 atom stereocenters. The number of hydrogen-bond donors (Lipinski definition) is 1. The minimum Gasteiger partial charge on any atom is -0.462 e. The van der Waals surface area contributed by atoms with E-state index in [1.165, 1.54) is 12.1 Å². The summed E-state index contributed by atoms with van der Waals surface area (Å²) in [4.78, 5) is 24.6. The molecule has 0 radical (unpaired) electrons. The molecular weight excluding hydrogens is 335 g/mol. The number of carbonyl (C=O) groups excluding carboxylic acids is 2. The molecule has 1 aromatic heterocycles. The lowest BCUT2D eigenvalue weighted by Crippen LogP contribution is -2.35. The number of halogens is 1. The van der Waals surface area contributed by atoms with Gasteiger partial charge in [-0.05, 0) is 63.1 Å². The van der Waals surface area contributed by atoms with Gasteiger partial charge in [-0.2, -0.15) is 0 Å². The van der Waals surface area contributed by atoms with E-state index in [2.05, 4.69) is 5.32 Å². The third-order valence-corrected chi connectivity index (χ3v) is 4.32. The summed E-state index contributed by atoms with van der Waals surface area (Å²) in [6, 6.07) is 7.72. The zero-order valence-electron chi connectivity index (χ0n) is 15.6. The first-order valence-corrected chi connectivity index (χ1v) is 8.79. The van der Waals surface area contributed by atoms with Crippen LogP contribution in [-0.4, -0.2) is 29.1 Å². The van der Waals surface area contributed by atoms with Crippen LogP contribution in [0.1, 0.15) is 43.2 Å². The summed E-state index contributed by atoms with van der Waals surface area (Å²) < 4.78 is 20.1. The van der Waals surface area contributed by atoms with Crippen LogP contribution in [0.25, 0.3) is 11.3 Å². The normalized spacial score (nSPS) is 11.9. The fourth-order valence-corrected chi connectivity index (χ4v) is 2.69. The number of carbonyl (C=O) groups is 2. The van der Waals surface area contributed by atoms with Crippen LogP contribution >= 0.6 is 0 Å². The third-order valence-electron chi connectivity index (χ3n) is 4.32. The van der Waals surface area contributed by atoms with Gasteiger partial charge in [-0.15, -0.1) is 0 Å². The highest BCUT2D eigenvalue weighted by Crippen LogP contribution is 2.27. The maximum atomic E-state index is 13.3. The largest absolute Gasteiger partial charge is 0.462 e. The van der Waals surface area contributed by atoms with Gasteiger partial charge in [0.15, 0.2) is 0 Å². The van der Waals surface area contributed by atoms with Gasteiger partial charge in [0.1, 0.15) is 12.4 Å². The fourth-order valence-electron chi connectivity index (χ4n) is 2.69. The standard InChI is InChI=1S/C20H25FN2O3/c1-5-13(3)22-19(24)12-23-14(4)17(20(25)26-6-2)11-18(23)15-7-9-16(21)10-8-15/h7-11,13H,5-6,12H2,1-4H3,(H,22,24)/t13-/m1/s1. The fraction of sp³-hybridized carbons (Fsp3) is 0.400. The zero-order valence-corrected chi connectivity index (χ0v) is 15.6. The Morgan fingerprint density at radius 1 is 1.23 bits per heavy atom. The maximum absolute atomic E-state index is 13.3. The van der Waals surface area contributed by atoms with Crippen LogP contribution in [0.3, 0.4) is 0 Å². The summed E-state index contributed by atoms with van der Waals surface area (Å²) >= 11 is 0. The molecule has 1 amide bonds. The second kappa shape index (κ2) is 8.65. The van der Waals surface area contributed by atoms with Crippen molar-refractivity contribution in [2.24, 2.45) is 0 Å². The van der Waals surface area contributed by atoms with Crippen molar-refractivity contribution < 1.29 is 18.7 Å². The first-order chi connectivity index (χ1) is 12.4.